The van der Waals surface area contributed by atoms with E-state index in [0.717, 1.165) is 26.1 Å². The first kappa shape index (κ1) is 12.4. The normalized spacial score (nSPS) is 19.9. The van der Waals surface area contributed by atoms with Crippen LogP contribution in [0.25, 0.3) is 0 Å². The van der Waals surface area contributed by atoms with E-state index in [1.54, 1.807) is 0 Å². The van der Waals surface area contributed by atoms with Crippen LogP contribution in [0.5, 0.6) is 0 Å². The fourth-order valence-electron chi connectivity index (χ4n) is 2.39. The van der Waals surface area contributed by atoms with Crippen molar-refractivity contribution >= 4 is 5.69 Å². The Morgan fingerprint density at radius 2 is 2.24 bits per heavy atom. The van der Waals surface area contributed by atoms with E-state index < -0.39 is 0 Å². The van der Waals surface area contributed by atoms with E-state index in [2.05, 4.69) is 41.4 Å². The molecule has 3 heteroatoms. The van der Waals surface area contributed by atoms with Crippen molar-refractivity contribution in [2.75, 3.05) is 24.7 Å². The van der Waals surface area contributed by atoms with Crippen molar-refractivity contribution in [2.24, 2.45) is 0 Å². The molecule has 1 heterocycles. The molecular formula is C14H21FN2. The predicted molar refractivity (Wildman–Crippen MR) is 70.2 cm³/mol. The molecule has 1 aliphatic rings. The summed E-state index contributed by atoms with van der Waals surface area (Å²) in [6.45, 7) is 4.67. The fraction of sp³-hybridized carbons (Fsp3) is 0.571. The summed E-state index contributed by atoms with van der Waals surface area (Å²) >= 11 is 0. The molecule has 0 radical (unpaired) electrons. The molecule has 0 spiro atoms. The molecule has 0 aromatic heterocycles. The van der Waals surface area contributed by atoms with Crippen LogP contribution in [0.2, 0.25) is 0 Å². The van der Waals surface area contributed by atoms with Crippen molar-refractivity contribution in [1.82, 2.24) is 5.32 Å². The van der Waals surface area contributed by atoms with Crippen molar-refractivity contribution in [3.8, 4) is 0 Å². The monoisotopic (exact) mass is 236 g/mol. The van der Waals surface area contributed by atoms with Gasteiger partial charge < -0.3 is 10.2 Å². The highest BCUT2D eigenvalue weighted by Gasteiger charge is 2.19. The van der Waals surface area contributed by atoms with E-state index in [1.165, 1.54) is 11.3 Å². The lowest BCUT2D eigenvalue weighted by Crippen LogP contribution is -2.38. The maximum absolute atomic E-state index is 12.4. The van der Waals surface area contributed by atoms with Gasteiger partial charge in [-0.15, -0.1) is 0 Å². The SMILES string of the molecule is CCC1CN(CCCF)c2ccccc2CN1. The van der Waals surface area contributed by atoms with Gasteiger partial charge >= 0.3 is 0 Å². The highest BCUT2D eigenvalue weighted by molar-refractivity contribution is 5.54. The third-order valence-corrected chi connectivity index (χ3v) is 3.41. The van der Waals surface area contributed by atoms with Crippen LogP contribution < -0.4 is 10.2 Å². The van der Waals surface area contributed by atoms with E-state index in [-0.39, 0.29) is 6.67 Å². The number of halogens is 1. The second-order valence-corrected chi connectivity index (χ2v) is 4.60. The molecule has 94 valence electrons. The number of rotatable bonds is 4. The molecule has 1 aromatic carbocycles. The van der Waals surface area contributed by atoms with Gasteiger partial charge in [0.1, 0.15) is 0 Å². The molecule has 1 aromatic rings. The minimum absolute atomic E-state index is 0.233. The first-order valence-electron chi connectivity index (χ1n) is 6.47. The van der Waals surface area contributed by atoms with E-state index in [9.17, 15) is 4.39 Å². The van der Waals surface area contributed by atoms with Crippen LogP contribution in [0, 0.1) is 0 Å². The molecule has 0 fully saturated rings. The Balaban J connectivity index is 2.19. The molecule has 0 aliphatic carbocycles. The van der Waals surface area contributed by atoms with Crippen LogP contribution in [-0.2, 0) is 6.54 Å². The van der Waals surface area contributed by atoms with Gasteiger partial charge in [-0.3, -0.25) is 4.39 Å². The van der Waals surface area contributed by atoms with Gasteiger partial charge in [-0.05, 0) is 24.5 Å². The van der Waals surface area contributed by atoms with Crippen LogP contribution in [0.1, 0.15) is 25.3 Å². The van der Waals surface area contributed by atoms with E-state index in [4.69, 9.17) is 0 Å². The molecule has 0 saturated carbocycles. The third kappa shape index (κ3) is 2.97. The van der Waals surface area contributed by atoms with Crippen LogP contribution in [0.3, 0.4) is 0 Å². The first-order chi connectivity index (χ1) is 8.35. The lowest BCUT2D eigenvalue weighted by Gasteiger charge is -2.27. The van der Waals surface area contributed by atoms with E-state index in [0.29, 0.717) is 12.5 Å². The summed E-state index contributed by atoms with van der Waals surface area (Å²) in [5, 5.41) is 3.56. The second kappa shape index (κ2) is 6.01. The second-order valence-electron chi connectivity index (χ2n) is 4.60. The topological polar surface area (TPSA) is 15.3 Å². The van der Waals surface area contributed by atoms with Gasteiger partial charge in [-0.2, -0.15) is 0 Å². The molecule has 0 bridgehead atoms. The Bertz CT molecular complexity index is 354. The number of nitrogens with one attached hydrogen (secondary N) is 1. The maximum Gasteiger partial charge on any atom is 0.0911 e. The summed E-state index contributed by atoms with van der Waals surface area (Å²) < 4.78 is 12.4. The Morgan fingerprint density at radius 1 is 1.41 bits per heavy atom. The summed E-state index contributed by atoms with van der Waals surface area (Å²) in [5.41, 5.74) is 2.59. The number of para-hydroxylation sites is 1. The van der Waals surface area contributed by atoms with Crippen molar-refractivity contribution in [1.29, 1.82) is 0 Å². The molecule has 1 unspecified atom stereocenters. The molecule has 0 saturated heterocycles. The van der Waals surface area contributed by atoms with Gasteiger partial charge in [0, 0.05) is 31.4 Å². The van der Waals surface area contributed by atoms with Crippen LogP contribution >= 0.6 is 0 Å². The van der Waals surface area contributed by atoms with E-state index in [1.807, 2.05) is 0 Å². The number of hydrogen-bond donors (Lipinski definition) is 1. The van der Waals surface area contributed by atoms with Crippen molar-refractivity contribution in [3.05, 3.63) is 29.8 Å². The lowest BCUT2D eigenvalue weighted by atomic mass is 10.1. The molecule has 2 rings (SSSR count). The summed E-state index contributed by atoms with van der Waals surface area (Å²) in [4.78, 5) is 2.32. The Morgan fingerprint density at radius 3 is 3.00 bits per heavy atom. The van der Waals surface area contributed by atoms with Crippen molar-refractivity contribution < 1.29 is 4.39 Å². The number of alkyl halides is 1. The molecular weight excluding hydrogens is 215 g/mol. The van der Waals surface area contributed by atoms with Crippen LogP contribution in [0.15, 0.2) is 24.3 Å². The summed E-state index contributed by atoms with van der Waals surface area (Å²) in [5.74, 6) is 0. The van der Waals surface area contributed by atoms with Gasteiger partial charge in [0.2, 0.25) is 0 Å². The molecule has 1 N–H and O–H groups in total. The summed E-state index contributed by atoms with van der Waals surface area (Å²) in [7, 11) is 0. The Labute approximate surface area is 103 Å². The average Bonchev–Trinajstić information content (AvgIpc) is 2.56. The molecule has 0 amide bonds. The Hall–Kier alpha value is -1.09. The largest absolute Gasteiger partial charge is 0.370 e. The number of benzene rings is 1. The maximum atomic E-state index is 12.4. The van der Waals surface area contributed by atoms with E-state index >= 15 is 0 Å². The number of hydrogen-bond acceptors (Lipinski definition) is 2. The van der Waals surface area contributed by atoms with Gasteiger partial charge in [0.15, 0.2) is 0 Å². The smallest absolute Gasteiger partial charge is 0.0911 e. The van der Waals surface area contributed by atoms with Crippen molar-refractivity contribution in [2.45, 2.75) is 32.4 Å². The average molecular weight is 236 g/mol. The standard InChI is InChI=1S/C14H21FN2/c1-2-13-11-17(9-5-8-15)14-7-4-3-6-12(14)10-16-13/h3-4,6-7,13,16H,2,5,8-11H2,1H3. The zero-order chi connectivity index (χ0) is 12.1. The number of anilines is 1. The minimum Gasteiger partial charge on any atom is -0.370 e. The lowest BCUT2D eigenvalue weighted by molar-refractivity contribution is 0.458. The van der Waals surface area contributed by atoms with Gasteiger partial charge in [-0.1, -0.05) is 25.1 Å². The first-order valence-corrected chi connectivity index (χ1v) is 6.47. The summed E-state index contributed by atoms with van der Waals surface area (Å²) in [6, 6.07) is 8.94. The molecule has 17 heavy (non-hydrogen) atoms. The number of fused-ring (bicyclic) bond motifs is 1. The molecule has 1 aliphatic heterocycles. The predicted octanol–water partition coefficient (Wildman–Crippen LogP) is 2.73. The minimum atomic E-state index is -0.233. The van der Waals surface area contributed by atoms with Gasteiger partial charge in [0.05, 0.1) is 6.67 Å². The third-order valence-electron chi connectivity index (χ3n) is 3.41. The zero-order valence-electron chi connectivity index (χ0n) is 10.5. The Kier molecular flexibility index (Phi) is 4.37. The van der Waals surface area contributed by atoms with Crippen molar-refractivity contribution in [3.63, 3.8) is 0 Å². The van der Waals surface area contributed by atoms with Gasteiger partial charge in [0.25, 0.3) is 0 Å². The highest BCUT2D eigenvalue weighted by Crippen LogP contribution is 2.24. The van der Waals surface area contributed by atoms with Crippen LogP contribution in [0.4, 0.5) is 10.1 Å². The summed E-state index contributed by atoms with van der Waals surface area (Å²) in [6.07, 6.45) is 1.73. The zero-order valence-corrected chi connectivity index (χ0v) is 10.5. The molecule has 1 atom stereocenters. The fourth-order valence-corrected chi connectivity index (χ4v) is 2.39. The highest BCUT2D eigenvalue weighted by atomic mass is 19.1. The number of nitrogens with zero attached hydrogens (tertiary/aromatic N) is 1. The van der Waals surface area contributed by atoms with Crippen LogP contribution in [-0.4, -0.2) is 25.8 Å². The molecule has 2 nitrogen and oxygen atoms in total. The quantitative estimate of drug-likeness (QED) is 0.864. The van der Waals surface area contributed by atoms with Gasteiger partial charge in [-0.25, -0.2) is 0 Å².